The maximum Gasteiger partial charge on any atom is 0.0931 e. The first kappa shape index (κ1) is 10.4. The summed E-state index contributed by atoms with van der Waals surface area (Å²) >= 11 is 11.5. The fraction of sp³-hybridized carbons (Fsp3) is 0.500. The van der Waals surface area contributed by atoms with Crippen LogP contribution >= 0.6 is 35.6 Å². The summed E-state index contributed by atoms with van der Waals surface area (Å²) in [6, 6.07) is 3.99. The molecule has 12 heavy (non-hydrogen) atoms. The molecule has 0 atom stereocenters. The van der Waals surface area contributed by atoms with Crippen molar-refractivity contribution in [3.05, 3.63) is 21.3 Å². The zero-order chi connectivity index (χ0) is 8.81. The lowest BCUT2D eigenvalue weighted by atomic mass is 10.4. The lowest BCUT2D eigenvalue weighted by molar-refractivity contribution is 0.686. The highest BCUT2D eigenvalue weighted by molar-refractivity contribution is 7.80. The first-order valence-electron chi connectivity index (χ1n) is 3.88. The quantitative estimate of drug-likeness (QED) is 0.576. The van der Waals surface area contributed by atoms with E-state index in [-0.39, 0.29) is 0 Å². The molecular weight excluding hydrogens is 210 g/mol. The van der Waals surface area contributed by atoms with Gasteiger partial charge in [-0.15, -0.1) is 11.3 Å². The van der Waals surface area contributed by atoms with Crippen molar-refractivity contribution in [1.82, 2.24) is 5.32 Å². The number of rotatable bonds is 5. The van der Waals surface area contributed by atoms with Crippen molar-refractivity contribution >= 4 is 35.6 Å². The Hall–Kier alpha value is 0.300. The molecule has 1 nitrogen and oxygen atoms in total. The van der Waals surface area contributed by atoms with Gasteiger partial charge in [-0.05, 0) is 30.9 Å². The fourth-order valence-corrected chi connectivity index (χ4v) is 2.08. The molecule has 0 unspecified atom stereocenters. The van der Waals surface area contributed by atoms with Crippen molar-refractivity contribution in [3.8, 4) is 0 Å². The number of halogens is 1. The Morgan fingerprint density at radius 3 is 2.92 bits per heavy atom. The smallest absolute Gasteiger partial charge is 0.0931 e. The third-order valence-electron chi connectivity index (χ3n) is 1.44. The van der Waals surface area contributed by atoms with E-state index in [0.29, 0.717) is 0 Å². The molecule has 0 saturated carbocycles. The lowest BCUT2D eigenvalue weighted by Crippen LogP contribution is -2.13. The molecule has 0 aromatic carbocycles. The first-order chi connectivity index (χ1) is 5.83. The van der Waals surface area contributed by atoms with Crippen molar-refractivity contribution in [2.45, 2.75) is 13.0 Å². The van der Waals surface area contributed by atoms with Crippen LogP contribution in [0.2, 0.25) is 4.34 Å². The molecule has 1 heterocycles. The van der Waals surface area contributed by atoms with Crippen molar-refractivity contribution in [2.24, 2.45) is 0 Å². The van der Waals surface area contributed by atoms with E-state index in [1.807, 2.05) is 6.07 Å². The van der Waals surface area contributed by atoms with Crippen LogP contribution in [0.15, 0.2) is 12.1 Å². The van der Waals surface area contributed by atoms with Crippen molar-refractivity contribution in [3.63, 3.8) is 0 Å². The summed E-state index contributed by atoms with van der Waals surface area (Å²) < 4.78 is 0.862. The average Bonchev–Trinajstić information content (AvgIpc) is 2.45. The van der Waals surface area contributed by atoms with Crippen LogP contribution in [0.25, 0.3) is 0 Å². The Morgan fingerprint density at radius 2 is 2.33 bits per heavy atom. The van der Waals surface area contributed by atoms with Crippen LogP contribution in [-0.2, 0) is 6.54 Å². The van der Waals surface area contributed by atoms with Gasteiger partial charge < -0.3 is 5.32 Å². The van der Waals surface area contributed by atoms with E-state index in [1.54, 1.807) is 11.3 Å². The zero-order valence-electron chi connectivity index (χ0n) is 6.72. The molecule has 0 aliphatic rings. The van der Waals surface area contributed by atoms with Gasteiger partial charge in [-0.25, -0.2) is 0 Å². The second-order valence-corrected chi connectivity index (χ2v) is 4.71. The molecule has 1 N–H and O–H groups in total. The highest BCUT2D eigenvalue weighted by Crippen LogP contribution is 2.20. The lowest BCUT2D eigenvalue weighted by Gasteiger charge is -1.99. The molecule has 0 spiro atoms. The standard InChI is InChI=1S/C8H12ClNS2/c9-8-3-2-7(12-8)6-10-4-1-5-11/h2-3,10-11H,1,4-6H2. The van der Waals surface area contributed by atoms with E-state index in [9.17, 15) is 0 Å². The second-order valence-electron chi connectivity index (χ2n) is 2.46. The summed E-state index contributed by atoms with van der Waals surface area (Å²) in [7, 11) is 0. The molecule has 0 fully saturated rings. The minimum Gasteiger partial charge on any atom is -0.312 e. The minimum absolute atomic E-state index is 0.862. The number of thiol groups is 1. The molecule has 0 aliphatic carbocycles. The van der Waals surface area contributed by atoms with E-state index in [4.69, 9.17) is 11.6 Å². The molecule has 1 aromatic rings. The molecule has 4 heteroatoms. The van der Waals surface area contributed by atoms with Gasteiger partial charge in [0.1, 0.15) is 0 Å². The van der Waals surface area contributed by atoms with Gasteiger partial charge in [0, 0.05) is 11.4 Å². The van der Waals surface area contributed by atoms with E-state index in [2.05, 4.69) is 24.0 Å². The van der Waals surface area contributed by atoms with Gasteiger partial charge in [-0.1, -0.05) is 11.6 Å². The predicted octanol–water partition coefficient (Wildman–Crippen LogP) is 2.81. The number of hydrogen-bond donors (Lipinski definition) is 2. The molecule has 68 valence electrons. The maximum atomic E-state index is 5.78. The van der Waals surface area contributed by atoms with Crippen molar-refractivity contribution in [2.75, 3.05) is 12.3 Å². The average molecular weight is 222 g/mol. The van der Waals surface area contributed by atoms with Gasteiger partial charge in [0.15, 0.2) is 0 Å². The normalized spacial score (nSPS) is 10.5. The maximum absolute atomic E-state index is 5.78. The highest BCUT2D eigenvalue weighted by atomic mass is 35.5. The third-order valence-corrected chi connectivity index (χ3v) is 2.99. The van der Waals surface area contributed by atoms with Crippen LogP contribution in [0.4, 0.5) is 0 Å². The summed E-state index contributed by atoms with van der Waals surface area (Å²) in [5.74, 6) is 0.943. The molecule has 0 amide bonds. The molecule has 0 radical (unpaired) electrons. The Bertz CT molecular complexity index is 225. The summed E-state index contributed by atoms with van der Waals surface area (Å²) in [6.07, 6.45) is 1.11. The minimum atomic E-state index is 0.862. The van der Waals surface area contributed by atoms with Gasteiger partial charge in [0.25, 0.3) is 0 Å². The Balaban J connectivity index is 2.15. The Morgan fingerprint density at radius 1 is 1.50 bits per heavy atom. The highest BCUT2D eigenvalue weighted by Gasteiger charge is 1.95. The van der Waals surface area contributed by atoms with Crippen molar-refractivity contribution in [1.29, 1.82) is 0 Å². The first-order valence-corrected chi connectivity index (χ1v) is 5.71. The summed E-state index contributed by atoms with van der Waals surface area (Å²) in [6.45, 7) is 1.95. The van der Waals surface area contributed by atoms with E-state index >= 15 is 0 Å². The van der Waals surface area contributed by atoms with Gasteiger partial charge >= 0.3 is 0 Å². The Labute approximate surface area is 87.5 Å². The molecular formula is C8H12ClNS2. The summed E-state index contributed by atoms with van der Waals surface area (Å²) in [4.78, 5) is 1.29. The number of thiophene rings is 1. The van der Waals surface area contributed by atoms with Crippen molar-refractivity contribution < 1.29 is 0 Å². The molecule has 1 aromatic heterocycles. The zero-order valence-corrected chi connectivity index (χ0v) is 9.18. The van der Waals surface area contributed by atoms with E-state index < -0.39 is 0 Å². The molecule has 0 bridgehead atoms. The number of hydrogen-bond acceptors (Lipinski definition) is 3. The predicted molar refractivity (Wildman–Crippen MR) is 59.5 cm³/mol. The van der Waals surface area contributed by atoms with E-state index in [1.165, 1.54) is 4.88 Å². The fourth-order valence-electron chi connectivity index (χ4n) is 0.862. The SMILES string of the molecule is SCCCNCc1ccc(Cl)s1. The Kier molecular flexibility index (Phi) is 5.07. The topological polar surface area (TPSA) is 12.0 Å². The van der Waals surface area contributed by atoms with E-state index in [0.717, 1.165) is 29.6 Å². The van der Waals surface area contributed by atoms with Crippen LogP contribution in [-0.4, -0.2) is 12.3 Å². The third kappa shape index (κ3) is 3.81. The summed E-state index contributed by atoms with van der Waals surface area (Å²) in [5.41, 5.74) is 0. The van der Waals surface area contributed by atoms with Crippen LogP contribution in [0, 0.1) is 0 Å². The van der Waals surface area contributed by atoms with Gasteiger partial charge in [-0.3, -0.25) is 0 Å². The largest absolute Gasteiger partial charge is 0.312 e. The van der Waals surface area contributed by atoms with Gasteiger partial charge in [0.2, 0.25) is 0 Å². The van der Waals surface area contributed by atoms with Crippen LogP contribution < -0.4 is 5.32 Å². The van der Waals surface area contributed by atoms with Crippen LogP contribution in [0.1, 0.15) is 11.3 Å². The monoisotopic (exact) mass is 221 g/mol. The van der Waals surface area contributed by atoms with Gasteiger partial charge in [-0.2, -0.15) is 12.6 Å². The second kappa shape index (κ2) is 5.86. The number of nitrogens with one attached hydrogen (secondary N) is 1. The molecule has 1 rings (SSSR count). The molecule has 0 aliphatic heterocycles. The van der Waals surface area contributed by atoms with Crippen LogP contribution in [0.3, 0.4) is 0 Å². The van der Waals surface area contributed by atoms with Gasteiger partial charge in [0.05, 0.1) is 4.34 Å². The molecule has 0 saturated heterocycles. The summed E-state index contributed by atoms with van der Waals surface area (Å²) in [5, 5.41) is 3.32. The van der Waals surface area contributed by atoms with Crippen LogP contribution in [0.5, 0.6) is 0 Å².